The SMILES string of the molecule is O=C1[C@@H]2Cc3c([nH]c4ccccc34)C(c3cccc(Cl)c3)N2C(=O)CN1Cc1ccc2c(c1)OCO2. The Labute approximate surface area is 212 Å². The minimum absolute atomic E-state index is 0.0103. The highest BCUT2D eigenvalue weighted by molar-refractivity contribution is 6.30. The molecule has 1 saturated heterocycles. The number of fused-ring (bicyclic) bond motifs is 5. The van der Waals surface area contributed by atoms with E-state index in [4.69, 9.17) is 21.1 Å². The Morgan fingerprint density at radius 1 is 0.972 bits per heavy atom. The van der Waals surface area contributed by atoms with Crippen LogP contribution in [0.15, 0.2) is 66.7 Å². The van der Waals surface area contributed by atoms with Crippen molar-refractivity contribution in [2.45, 2.75) is 25.0 Å². The van der Waals surface area contributed by atoms with Crippen molar-refractivity contribution in [2.24, 2.45) is 0 Å². The molecule has 3 aliphatic rings. The first-order chi connectivity index (χ1) is 17.6. The number of nitrogens with one attached hydrogen (secondary N) is 1. The van der Waals surface area contributed by atoms with E-state index >= 15 is 0 Å². The molecule has 4 aromatic rings. The van der Waals surface area contributed by atoms with Gasteiger partial charge in [0.15, 0.2) is 11.5 Å². The summed E-state index contributed by atoms with van der Waals surface area (Å²) in [6.45, 7) is 0.527. The molecule has 0 spiro atoms. The number of carbonyl (C=O) groups excluding carboxylic acids is 2. The van der Waals surface area contributed by atoms with Gasteiger partial charge in [-0.15, -0.1) is 0 Å². The summed E-state index contributed by atoms with van der Waals surface area (Å²) in [5, 5.41) is 1.67. The van der Waals surface area contributed by atoms with Crippen LogP contribution in [0.1, 0.15) is 28.4 Å². The lowest BCUT2D eigenvalue weighted by atomic mass is 9.86. The van der Waals surface area contributed by atoms with Gasteiger partial charge in [-0.05, 0) is 47.0 Å². The third kappa shape index (κ3) is 3.27. The summed E-state index contributed by atoms with van der Waals surface area (Å²) in [6, 6.07) is 20.2. The van der Waals surface area contributed by atoms with Crippen LogP contribution in [0, 0.1) is 0 Å². The summed E-state index contributed by atoms with van der Waals surface area (Å²) in [4.78, 5) is 34.5. The molecule has 2 amide bonds. The largest absolute Gasteiger partial charge is 0.454 e. The number of aromatic nitrogens is 1. The molecule has 0 saturated carbocycles. The monoisotopic (exact) mass is 499 g/mol. The van der Waals surface area contributed by atoms with E-state index in [9.17, 15) is 9.59 Å². The summed E-state index contributed by atoms with van der Waals surface area (Å²) < 4.78 is 10.9. The van der Waals surface area contributed by atoms with E-state index in [-0.39, 0.29) is 25.2 Å². The van der Waals surface area contributed by atoms with Gasteiger partial charge in [0, 0.05) is 34.6 Å². The predicted octanol–water partition coefficient (Wildman–Crippen LogP) is 4.44. The van der Waals surface area contributed by atoms with Gasteiger partial charge in [-0.1, -0.05) is 48.0 Å². The maximum absolute atomic E-state index is 13.9. The average molecular weight is 500 g/mol. The molecule has 0 radical (unpaired) electrons. The molecule has 7 nitrogen and oxygen atoms in total. The topological polar surface area (TPSA) is 74.9 Å². The van der Waals surface area contributed by atoms with E-state index in [0.29, 0.717) is 29.5 Å². The smallest absolute Gasteiger partial charge is 0.246 e. The highest BCUT2D eigenvalue weighted by atomic mass is 35.5. The fraction of sp³-hybridized carbons (Fsp3) is 0.214. The van der Waals surface area contributed by atoms with Crippen LogP contribution < -0.4 is 9.47 Å². The number of piperazine rings is 1. The van der Waals surface area contributed by atoms with Crippen molar-refractivity contribution in [3.8, 4) is 11.5 Å². The number of H-pyrrole nitrogens is 1. The molecule has 0 aliphatic carbocycles. The van der Waals surface area contributed by atoms with Crippen molar-refractivity contribution in [3.05, 3.63) is 94.1 Å². The molecule has 1 N–H and O–H groups in total. The van der Waals surface area contributed by atoms with Gasteiger partial charge < -0.3 is 24.3 Å². The van der Waals surface area contributed by atoms with Gasteiger partial charge in [0.25, 0.3) is 0 Å². The van der Waals surface area contributed by atoms with Crippen molar-refractivity contribution in [2.75, 3.05) is 13.3 Å². The number of aromatic amines is 1. The van der Waals surface area contributed by atoms with Crippen LogP contribution in [0.3, 0.4) is 0 Å². The first kappa shape index (κ1) is 21.3. The zero-order valence-corrected chi connectivity index (χ0v) is 20.0. The fourth-order valence-corrected chi connectivity index (χ4v) is 5.94. The molecule has 1 aromatic heterocycles. The molecule has 0 bridgehead atoms. The number of halogens is 1. The van der Waals surface area contributed by atoms with E-state index in [1.165, 1.54) is 0 Å². The zero-order valence-electron chi connectivity index (χ0n) is 19.2. The van der Waals surface area contributed by atoms with E-state index in [1.54, 1.807) is 9.80 Å². The second kappa shape index (κ2) is 8.03. The molecule has 3 aliphatic heterocycles. The average Bonchev–Trinajstić information content (AvgIpc) is 3.50. The molecule has 1 fully saturated rings. The van der Waals surface area contributed by atoms with Gasteiger partial charge in [-0.25, -0.2) is 0 Å². The predicted molar refractivity (Wildman–Crippen MR) is 134 cm³/mol. The van der Waals surface area contributed by atoms with Crippen molar-refractivity contribution in [1.29, 1.82) is 0 Å². The van der Waals surface area contributed by atoms with Crippen molar-refractivity contribution in [3.63, 3.8) is 0 Å². The molecule has 7 rings (SSSR count). The number of hydrogen-bond donors (Lipinski definition) is 1. The summed E-state index contributed by atoms with van der Waals surface area (Å²) >= 11 is 6.36. The highest BCUT2D eigenvalue weighted by Gasteiger charge is 2.48. The highest BCUT2D eigenvalue weighted by Crippen LogP contribution is 2.43. The second-order valence-corrected chi connectivity index (χ2v) is 9.86. The van der Waals surface area contributed by atoms with Crippen LogP contribution in [-0.2, 0) is 22.6 Å². The van der Waals surface area contributed by atoms with E-state index in [2.05, 4.69) is 11.1 Å². The summed E-state index contributed by atoms with van der Waals surface area (Å²) in [6.07, 6.45) is 0.457. The number of para-hydroxylation sites is 1. The number of benzene rings is 3. The third-order valence-corrected chi connectivity index (χ3v) is 7.55. The lowest BCUT2D eigenvalue weighted by Crippen LogP contribution is -2.62. The number of hydrogen-bond acceptors (Lipinski definition) is 4. The van der Waals surface area contributed by atoms with E-state index < -0.39 is 12.1 Å². The summed E-state index contributed by atoms with van der Waals surface area (Å²) in [5.74, 6) is 1.20. The second-order valence-electron chi connectivity index (χ2n) is 9.42. The molecule has 180 valence electrons. The Morgan fingerprint density at radius 2 is 1.83 bits per heavy atom. The molecule has 8 heteroatoms. The standard InChI is InChI=1S/C28H22ClN3O4/c29-18-5-3-4-17(11-18)27-26-20(19-6-1-2-7-21(19)30-26)12-22-28(34)31(14-25(33)32(22)27)13-16-8-9-23-24(10-16)36-15-35-23/h1-11,22,27,30H,12-15H2/t22-,27?/m0/s1. The maximum Gasteiger partial charge on any atom is 0.246 e. The van der Waals surface area contributed by atoms with Crippen LogP contribution >= 0.6 is 11.6 Å². The Hall–Kier alpha value is -3.97. The molecule has 36 heavy (non-hydrogen) atoms. The van der Waals surface area contributed by atoms with Crippen molar-refractivity contribution >= 4 is 34.3 Å². The first-order valence-electron chi connectivity index (χ1n) is 11.9. The normalized spacial score (nSPS) is 20.6. The Balaban J connectivity index is 1.30. The molecular weight excluding hydrogens is 478 g/mol. The van der Waals surface area contributed by atoms with E-state index in [0.717, 1.165) is 33.3 Å². The van der Waals surface area contributed by atoms with Crippen LogP contribution in [0.5, 0.6) is 11.5 Å². The van der Waals surface area contributed by atoms with E-state index in [1.807, 2.05) is 60.7 Å². The van der Waals surface area contributed by atoms with Crippen LogP contribution in [0.2, 0.25) is 5.02 Å². The molecule has 2 atom stereocenters. The van der Waals surface area contributed by atoms with Gasteiger partial charge in [0.1, 0.15) is 12.6 Å². The quantitative estimate of drug-likeness (QED) is 0.452. The number of ether oxygens (including phenoxy) is 2. The number of rotatable bonds is 3. The lowest BCUT2D eigenvalue weighted by molar-refractivity contribution is -0.159. The van der Waals surface area contributed by atoms with Gasteiger partial charge in [0.2, 0.25) is 18.6 Å². The van der Waals surface area contributed by atoms with Gasteiger partial charge in [0.05, 0.1) is 6.04 Å². The number of amides is 2. The first-order valence-corrected chi connectivity index (χ1v) is 12.3. The Morgan fingerprint density at radius 3 is 2.72 bits per heavy atom. The zero-order chi connectivity index (χ0) is 24.4. The molecule has 3 aromatic carbocycles. The Kier molecular flexibility index (Phi) is 4.76. The molecular formula is C28H22ClN3O4. The Bertz CT molecular complexity index is 1550. The summed E-state index contributed by atoms with van der Waals surface area (Å²) in [5.41, 5.74) is 4.78. The lowest BCUT2D eigenvalue weighted by Gasteiger charge is -2.47. The van der Waals surface area contributed by atoms with Crippen LogP contribution in [-0.4, -0.2) is 46.0 Å². The van der Waals surface area contributed by atoms with Gasteiger partial charge >= 0.3 is 0 Å². The minimum Gasteiger partial charge on any atom is -0.454 e. The van der Waals surface area contributed by atoms with Crippen LogP contribution in [0.4, 0.5) is 0 Å². The van der Waals surface area contributed by atoms with Crippen molar-refractivity contribution in [1.82, 2.24) is 14.8 Å². The van der Waals surface area contributed by atoms with Crippen LogP contribution in [0.25, 0.3) is 10.9 Å². The minimum atomic E-state index is -0.601. The third-order valence-electron chi connectivity index (χ3n) is 7.32. The van der Waals surface area contributed by atoms with Gasteiger partial charge in [-0.3, -0.25) is 9.59 Å². The molecule has 4 heterocycles. The number of nitrogens with zero attached hydrogens (tertiary/aromatic N) is 2. The molecule has 1 unspecified atom stereocenters. The summed E-state index contributed by atoms with van der Waals surface area (Å²) in [7, 11) is 0. The number of carbonyl (C=O) groups is 2. The fourth-order valence-electron chi connectivity index (χ4n) is 5.74. The van der Waals surface area contributed by atoms with Gasteiger partial charge in [-0.2, -0.15) is 0 Å². The van der Waals surface area contributed by atoms with Crippen molar-refractivity contribution < 1.29 is 19.1 Å². The maximum atomic E-state index is 13.9.